The number of hydrogen-bond donors (Lipinski definition) is 1. The predicted octanol–water partition coefficient (Wildman–Crippen LogP) is 2.08. The molecule has 19 heavy (non-hydrogen) atoms. The molecule has 1 aromatic heterocycles. The lowest BCUT2D eigenvalue weighted by Crippen LogP contribution is -2.47. The topological polar surface area (TPSA) is 53.4 Å². The normalized spacial score (nSPS) is 11.6. The number of carbonyl (C=O) groups excluding carboxylic acids is 1. The molecule has 0 spiro atoms. The zero-order valence-electron chi connectivity index (χ0n) is 11.4. The van der Waals surface area contributed by atoms with Crippen molar-refractivity contribution in [2.75, 3.05) is 13.7 Å². The van der Waals surface area contributed by atoms with Gasteiger partial charge in [-0.1, -0.05) is 18.2 Å². The van der Waals surface area contributed by atoms with Crippen molar-refractivity contribution in [1.29, 1.82) is 0 Å². The summed E-state index contributed by atoms with van der Waals surface area (Å²) in [5, 5.41) is 10.3. The number of amides is 1. The number of fused-ring (bicyclic) bond motifs is 1. The number of nitrogens with zero attached hydrogens (tertiary/aromatic N) is 2. The van der Waals surface area contributed by atoms with E-state index >= 15 is 0 Å². The van der Waals surface area contributed by atoms with E-state index in [2.05, 4.69) is 4.98 Å². The van der Waals surface area contributed by atoms with Crippen molar-refractivity contribution in [3.8, 4) is 0 Å². The zero-order valence-corrected chi connectivity index (χ0v) is 11.4. The number of rotatable bonds is 3. The largest absolute Gasteiger partial charge is 0.394 e. The Hall–Kier alpha value is -1.94. The molecule has 1 amide bonds. The highest BCUT2D eigenvalue weighted by molar-refractivity contribution is 6.05. The molecule has 0 fully saturated rings. The molecule has 0 unspecified atom stereocenters. The van der Waals surface area contributed by atoms with Crippen LogP contribution in [0, 0.1) is 0 Å². The maximum atomic E-state index is 12.5. The molecule has 0 aliphatic heterocycles. The van der Waals surface area contributed by atoms with Gasteiger partial charge in [0.25, 0.3) is 5.91 Å². The van der Waals surface area contributed by atoms with Gasteiger partial charge in [-0.25, -0.2) is 0 Å². The SMILES string of the molecule is CN(C(=O)c1cccc2cccnc12)C(C)(C)CO. The number of benzene rings is 1. The Labute approximate surface area is 112 Å². The summed E-state index contributed by atoms with van der Waals surface area (Å²) < 4.78 is 0. The number of carbonyl (C=O) groups is 1. The molecule has 0 aliphatic rings. The predicted molar refractivity (Wildman–Crippen MR) is 75.0 cm³/mol. The van der Waals surface area contributed by atoms with Crippen LogP contribution in [0.25, 0.3) is 10.9 Å². The molecule has 1 heterocycles. The van der Waals surface area contributed by atoms with Crippen molar-refractivity contribution in [3.05, 3.63) is 42.1 Å². The third-order valence-electron chi connectivity index (χ3n) is 3.46. The van der Waals surface area contributed by atoms with Crippen LogP contribution in [0.4, 0.5) is 0 Å². The van der Waals surface area contributed by atoms with Gasteiger partial charge in [0.2, 0.25) is 0 Å². The van der Waals surface area contributed by atoms with E-state index in [1.807, 2.05) is 38.1 Å². The number of aromatic nitrogens is 1. The third kappa shape index (κ3) is 2.44. The summed E-state index contributed by atoms with van der Waals surface area (Å²) in [5.41, 5.74) is 0.645. The number of likely N-dealkylation sites (N-methyl/N-ethyl adjacent to an activating group) is 1. The molecule has 4 nitrogen and oxygen atoms in total. The van der Waals surface area contributed by atoms with Crippen molar-refractivity contribution in [3.63, 3.8) is 0 Å². The summed E-state index contributed by atoms with van der Waals surface area (Å²) in [4.78, 5) is 18.4. The van der Waals surface area contributed by atoms with Crippen LogP contribution < -0.4 is 0 Å². The first-order valence-electron chi connectivity index (χ1n) is 6.20. The fourth-order valence-electron chi connectivity index (χ4n) is 1.84. The molecule has 0 radical (unpaired) electrons. The van der Waals surface area contributed by atoms with Gasteiger partial charge >= 0.3 is 0 Å². The molecule has 0 saturated heterocycles. The van der Waals surface area contributed by atoms with Gasteiger partial charge in [-0.2, -0.15) is 0 Å². The second kappa shape index (κ2) is 4.97. The summed E-state index contributed by atoms with van der Waals surface area (Å²) in [5.74, 6) is -0.136. The van der Waals surface area contributed by atoms with Gasteiger partial charge in [0.1, 0.15) is 0 Å². The summed E-state index contributed by atoms with van der Waals surface area (Å²) in [6.07, 6.45) is 1.68. The molecule has 0 aliphatic carbocycles. The minimum atomic E-state index is -0.603. The van der Waals surface area contributed by atoms with E-state index in [0.29, 0.717) is 11.1 Å². The van der Waals surface area contributed by atoms with Crippen LogP contribution in [0.3, 0.4) is 0 Å². The van der Waals surface area contributed by atoms with Crippen molar-refractivity contribution in [2.45, 2.75) is 19.4 Å². The van der Waals surface area contributed by atoms with Crippen LogP contribution in [0.5, 0.6) is 0 Å². The second-order valence-corrected chi connectivity index (χ2v) is 5.22. The molecule has 0 bridgehead atoms. The Morgan fingerprint density at radius 2 is 2.00 bits per heavy atom. The van der Waals surface area contributed by atoms with E-state index in [0.717, 1.165) is 5.39 Å². The van der Waals surface area contributed by atoms with Gasteiger partial charge in [0.15, 0.2) is 0 Å². The van der Waals surface area contributed by atoms with Gasteiger partial charge in [-0.05, 0) is 26.0 Å². The molecular weight excluding hydrogens is 240 g/mol. The van der Waals surface area contributed by atoms with Gasteiger partial charge in [0.05, 0.1) is 23.2 Å². The van der Waals surface area contributed by atoms with Crippen molar-refractivity contribution in [1.82, 2.24) is 9.88 Å². The van der Waals surface area contributed by atoms with Crippen molar-refractivity contribution < 1.29 is 9.90 Å². The number of hydrogen-bond acceptors (Lipinski definition) is 3. The average Bonchev–Trinajstić information content (AvgIpc) is 2.45. The molecule has 100 valence electrons. The van der Waals surface area contributed by atoms with Crippen LogP contribution in [0.15, 0.2) is 36.5 Å². The number of pyridine rings is 1. The van der Waals surface area contributed by atoms with Gasteiger partial charge in [0, 0.05) is 18.6 Å². The Bertz CT molecular complexity index is 603. The molecule has 1 aromatic carbocycles. The lowest BCUT2D eigenvalue weighted by Gasteiger charge is -2.34. The maximum absolute atomic E-state index is 12.5. The lowest BCUT2D eigenvalue weighted by atomic mass is 10.0. The van der Waals surface area contributed by atoms with E-state index in [1.165, 1.54) is 0 Å². The molecule has 1 N–H and O–H groups in total. The van der Waals surface area contributed by atoms with E-state index in [1.54, 1.807) is 24.2 Å². The van der Waals surface area contributed by atoms with Gasteiger partial charge in [-0.3, -0.25) is 9.78 Å². The highest BCUT2D eigenvalue weighted by Crippen LogP contribution is 2.20. The minimum absolute atomic E-state index is 0.0898. The fourth-order valence-corrected chi connectivity index (χ4v) is 1.84. The molecular formula is C15H18N2O2. The van der Waals surface area contributed by atoms with Gasteiger partial charge in [-0.15, -0.1) is 0 Å². The number of para-hydroxylation sites is 1. The minimum Gasteiger partial charge on any atom is -0.394 e. The van der Waals surface area contributed by atoms with E-state index < -0.39 is 5.54 Å². The van der Waals surface area contributed by atoms with Crippen LogP contribution >= 0.6 is 0 Å². The second-order valence-electron chi connectivity index (χ2n) is 5.22. The molecule has 0 saturated carbocycles. The third-order valence-corrected chi connectivity index (χ3v) is 3.46. The first-order valence-corrected chi connectivity index (χ1v) is 6.20. The van der Waals surface area contributed by atoms with Crippen LogP contribution in [-0.2, 0) is 0 Å². The number of aliphatic hydroxyl groups is 1. The molecule has 4 heteroatoms. The first-order chi connectivity index (χ1) is 8.97. The van der Waals surface area contributed by atoms with Crippen LogP contribution in [0.1, 0.15) is 24.2 Å². The highest BCUT2D eigenvalue weighted by Gasteiger charge is 2.28. The van der Waals surface area contributed by atoms with Crippen molar-refractivity contribution >= 4 is 16.8 Å². The first kappa shape index (κ1) is 13.5. The Morgan fingerprint density at radius 1 is 1.32 bits per heavy atom. The lowest BCUT2D eigenvalue weighted by molar-refractivity contribution is 0.0475. The summed E-state index contributed by atoms with van der Waals surface area (Å²) >= 11 is 0. The Balaban J connectivity index is 2.48. The Morgan fingerprint density at radius 3 is 2.68 bits per heavy atom. The Kier molecular flexibility index (Phi) is 3.53. The van der Waals surface area contributed by atoms with E-state index in [4.69, 9.17) is 0 Å². The zero-order chi connectivity index (χ0) is 14.0. The molecule has 2 aromatic rings. The number of aliphatic hydroxyl groups excluding tert-OH is 1. The molecule has 0 atom stereocenters. The highest BCUT2D eigenvalue weighted by atomic mass is 16.3. The summed E-state index contributed by atoms with van der Waals surface area (Å²) in [6, 6.07) is 9.31. The standard InChI is InChI=1S/C15H18N2O2/c1-15(2,10-18)17(3)14(19)12-8-4-6-11-7-5-9-16-13(11)12/h4-9,18H,10H2,1-3H3. The average molecular weight is 258 g/mol. The smallest absolute Gasteiger partial charge is 0.256 e. The quantitative estimate of drug-likeness (QED) is 0.917. The monoisotopic (exact) mass is 258 g/mol. The van der Waals surface area contributed by atoms with Crippen LogP contribution in [0.2, 0.25) is 0 Å². The van der Waals surface area contributed by atoms with E-state index in [9.17, 15) is 9.90 Å². The maximum Gasteiger partial charge on any atom is 0.256 e. The summed E-state index contributed by atoms with van der Waals surface area (Å²) in [6.45, 7) is 3.56. The molecule has 2 rings (SSSR count). The van der Waals surface area contributed by atoms with Crippen molar-refractivity contribution in [2.24, 2.45) is 0 Å². The van der Waals surface area contributed by atoms with Crippen LogP contribution in [-0.4, -0.2) is 40.1 Å². The summed E-state index contributed by atoms with van der Waals surface area (Å²) in [7, 11) is 1.69. The fraction of sp³-hybridized carbons (Fsp3) is 0.333. The van der Waals surface area contributed by atoms with Gasteiger partial charge < -0.3 is 10.0 Å². The van der Waals surface area contributed by atoms with E-state index in [-0.39, 0.29) is 12.5 Å².